The van der Waals surface area contributed by atoms with Gasteiger partial charge in [0.05, 0.1) is 0 Å². The zero-order valence-corrected chi connectivity index (χ0v) is 48.8. The van der Waals surface area contributed by atoms with Crippen LogP contribution in [0.1, 0.15) is 392 Å². The van der Waals surface area contributed by atoms with E-state index in [9.17, 15) is 0 Å². The Kier molecular flexibility index (Phi) is 18.0. The van der Waals surface area contributed by atoms with Crippen LogP contribution in [0.5, 0.6) is 0 Å². The molecule has 3 aromatic carbocycles. The maximum absolute atomic E-state index is 3.09. The van der Waals surface area contributed by atoms with Gasteiger partial charge in [-0.15, -0.1) is 0 Å². The van der Waals surface area contributed by atoms with Gasteiger partial charge in [-0.1, -0.05) is 0 Å². The summed E-state index contributed by atoms with van der Waals surface area (Å²) in [5.41, 5.74) is 17.4. The third-order valence-electron chi connectivity index (χ3n) is 22.7. The summed E-state index contributed by atoms with van der Waals surface area (Å²) in [7, 11) is 0. The van der Waals surface area contributed by atoms with Gasteiger partial charge in [0.2, 0.25) is 0 Å². The van der Waals surface area contributed by atoms with Crippen molar-refractivity contribution in [3.05, 3.63) is 86.5 Å². The number of benzene rings is 3. The summed E-state index contributed by atoms with van der Waals surface area (Å²) in [5.74, 6) is 6.86. The molecule has 0 unspecified atom stereocenters. The summed E-state index contributed by atoms with van der Waals surface area (Å²) in [6.45, 7) is 0. The molecular weight excluding hydrogens is 940 g/mol. The molecule has 0 radical (unpaired) electrons. The first kappa shape index (κ1) is 51.9. The van der Waals surface area contributed by atoms with Crippen molar-refractivity contribution in [3.63, 3.8) is 0 Å². The average molecular weight is 1050 g/mol. The van der Waals surface area contributed by atoms with Gasteiger partial charge in [0.25, 0.3) is 0 Å². The van der Waals surface area contributed by atoms with Gasteiger partial charge in [0, 0.05) is 0 Å². The standard InChI is InChI=1S/C72H105As/c1-10-28-52(29-11-1)61-46-64(55-34-16-4-17-35-55)70(65(47-61)56-36-18-5-19-37-56)73(71-66(57-38-20-6-21-39-57)48-62(53-30-12-2-13-31-53)49-67(71)58-40-22-7-23-41-58)72-68(59-42-24-8-25-43-59)50-63(54-32-14-3-15-33-54)51-69(72)60-44-26-9-27-45-60/h46-60H,1-45H2. The SMILES string of the molecule is c1c(C2CCCCC2)cc(C2CCCCC2)c([As](c2c(C3CCCCC3)cc(C3CCCCC3)cc2C2CCCCC2)c2c(C3CCCCC3)cc(C3CCCCC3)cc2C2CCCCC2)c1C1CCCCC1. The summed E-state index contributed by atoms with van der Waals surface area (Å²) in [4.78, 5) is 0. The fraction of sp³-hybridized carbons (Fsp3) is 0.750. The normalized spacial score (nSPS) is 25.4. The number of hydrogen-bond acceptors (Lipinski definition) is 0. The minimum atomic E-state index is -2.29. The van der Waals surface area contributed by atoms with Crippen molar-refractivity contribution in [3.8, 4) is 0 Å². The van der Waals surface area contributed by atoms with Gasteiger partial charge in [-0.2, -0.15) is 0 Å². The summed E-state index contributed by atoms with van der Waals surface area (Å²) < 4.78 is 6.35. The van der Waals surface area contributed by atoms with Crippen LogP contribution in [0.4, 0.5) is 0 Å². The Labute approximate surface area is 453 Å². The number of rotatable bonds is 12. The van der Waals surface area contributed by atoms with Crippen LogP contribution in [0.15, 0.2) is 36.4 Å². The van der Waals surface area contributed by atoms with Crippen molar-refractivity contribution in [2.45, 2.75) is 342 Å². The molecule has 0 N–H and O–H groups in total. The van der Waals surface area contributed by atoms with Gasteiger partial charge in [0.1, 0.15) is 0 Å². The van der Waals surface area contributed by atoms with Crippen LogP contribution in [-0.2, 0) is 0 Å². The van der Waals surface area contributed by atoms with Crippen LogP contribution in [0, 0.1) is 0 Å². The molecular formula is C72H105As. The van der Waals surface area contributed by atoms with Crippen molar-refractivity contribution in [1.82, 2.24) is 0 Å². The Morgan fingerprint density at radius 1 is 0.178 bits per heavy atom. The molecule has 9 fully saturated rings. The molecule has 0 bridgehead atoms. The topological polar surface area (TPSA) is 0 Å². The Morgan fingerprint density at radius 3 is 0.466 bits per heavy atom. The molecule has 0 aliphatic heterocycles. The second-order valence-electron chi connectivity index (χ2n) is 27.5. The van der Waals surface area contributed by atoms with Crippen molar-refractivity contribution < 1.29 is 0 Å². The predicted octanol–water partition coefficient (Wildman–Crippen LogP) is 20.6. The fourth-order valence-corrected chi connectivity index (χ4v) is 26.4. The molecule has 1 heteroatoms. The Hall–Kier alpha value is -1.78. The Morgan fingerprint density at radius 2 is 0.315 bits per heavy atom. The van der Waals surface area contributed by atoms with Gasteiger partial charge >= 0.3 is 456 Å². The van der Waals surface area contributed by atoms with Crippen LogP contribution in [0.25, 0.3) is 0 Å². The van der Waals surface area contributed by atoms with Crippen LogP contribution in [0.3, 0.4) is 0 Å². The van der Waals surface area contributed by atoms with E-state index >= 15 is 0 Å². The second-order valence-corrected chi connectivity index (χ2v) is 31.7. The molecule has 0 spiro atoms. The Balaban J connectivity index is 1.22. The van der Waals surface area contributed by atoms with Crippen molar-refractivity contribution in [2.75, 3.05) is 0 Å². The molecule has 3 aromatic rings. The summed E-state index contributed by atoms with van der Waals surface area (Å²) >= 11 is -2.29. The van der Waals surface area contributed by atoms with E-state index in [2.05, 4.69) is 49.5 Å². The van der Waals surface area contributed by atoms with E-state index in [4.69, 9.17) is 0 Å². The molecule has 9 aliphatic rings. The average Bonchev–Trinajstić information content (AvgIpc) is 3.49. The molecule has 73 heavy (non-hydrogen) atoms. The molecule has 0 atom stereocenters. The predicted molar refractivity (Wildman–Crippen MR) is 316 cm³/mol. The van der Waals surface area contributed by atoms with Gasteiger partial charge in [-0.25, -0.2) is 0 Å². The van der Waals surface area contributed by atoms with E-state index in [1.807, 2.05) is 50.1 Å². The van der Waals surface area contributed by atoms with Crippen LogP contribution < -0.4 is 13.1 Å². The molecule has 0 aromatic heterocycles. The first-order chi connectivity index (χ1) is 36.2. The van der Waals surface area contributed by atoms with E-state index in [0.29, 0.717) is 0 Å². The Bertz CT molecular complexity index is 1840. The van der Waals surface area contributed by atoms with Gasteiger partial charge in [-0.05, 0) is 0 Å². The summed E-state index contributed by atoms with van der Waals surface area (Å²) in [5, 5.41) is 0. The minimum absolute atomic E-state index is 0.752. The third-order valence-corrected chi connectivity index (χ3v) is 28.8. The van der Waals surface area contributed by atoms with Crippen LogP contribution in [0.2, 0.25) is 0 Å². The molecule has 0 amide bonds. The molecule has 12 rings (SSSR count). The summed E-state index contributed by atoms with van der Waals surface area (Å²) in [6, 6.07) is 18.5. The third kappa shape index (κ3) is 11.8. The summed E-state index contributed by atoms with van der Waals surface area (Å²) in [6.07, 6.45) is 65.4. The number of hydrogen-bond donors (Lipinski definition) is 0. The van der Waals surface area contributed by atoms with Crippen molar-refractivity contribution >= 4 is 27.7 Å². The first-order valence-electron chi connectivity index (χ1n) is 33.6. The van der Waals surface area contributed by atoms with E-state index < -0.39 is 14.7 Å². The molecule has 0 saturated heterocycles. The van der Waals surface area contributed by atoms with E-state index in [1.54, 1.807) is 0 Å². The van der Waals surface area contributed by atoms with Crippen LogP contribution in [-0.4, -0.2) is 14.7 Å². The van der Waals surface area contributed by atoms with E-state index in [-0.39, 0.29) is 0 Å². The van der Waals surface area contributed by atoms with Gasteiger partial charge < -0.3 is 0 Å². The molecule has 0 nitrogen and oxygen atoms in total. The second kappa shape index (κ2) is 25.3. The zero-order chi connectivity index (χ0) is 48.8. The monoisotopic (exact) mass is 1040 g/mol. The van der Waals surface area contributed by atoms with Crippen LogP contribution >= 0.6 is 0 Å². The molecule has 398 valence electrons. The first-order valence-corrected chi connectivity index (χ1v) is 36.4. The molecule has 9 aliphatic carbocycles. The van der Waals surface area contributed by atoms with Crippen molar-refractivity contribution in [1.29, 1.82) is 0 Å². The molecule has 9 saturated carbocycles. The fourth-order valence-electron chi connectivity index (χ4n) is 18.6. The van der Waals surface area contributed by atoms with Gasteiger partial charge in [0.15, 0.2) is 0 Å². The zero-order valence-electron chi connectivity index (χ0n) is 46.9. The maximum atomic E-state index is 3.09. The van der Waals surface area contributed by atoms with Gasteiger partial charge in [-0.3, -0.25) is 0 Å². The van der Waals surface area contributed by atoms with Crippen molar-refractivity contribution in [2.24, 2.45) is 0 Å². The quantitative estimate of drug-likeness (QED) is 0.159. The molecule has 0 heterocycles. The van der Waals surface area contributed by atoms with E-state index in [1.165, 1.54) is 289 Å². The van der Waals surface area contributed by atoms with E-state index in [0.717, 1.165) is 53.3 Å².